The highest BCUT2D eigenvalue weighted by molar-refractivity contribution is 6.27. The van der Waals surface area contributed by atoms with E-state index < -0.39 is 17.7 Å². The third kappa shape index (κ3) is 4.90. The van der Waals surface area contributed by atoms with Crippen molar-refractivity contribution in [1.82, 2.24) is 0 Å². The van der Waals surface area contributed by atoms with E-state index in [2.05, 4.69) is 0 Å². The van der Waals surface area contributed by atoms with E-state index in [1.54, 1.807) is 0 Å². The van der Waals surface area contributed by atoms with Crippen LogP contribution in [0.3, 0.4) is 0 Å². The van der Waals surface area contributed by atoms with Gasteiger partial charge in [0.05, 0.1) is 19.3 Å². The van der Waals surface area contributed by atoms with Crippen LogP contribution in [0.5, 0.6) is 0 Å². The maximum atomic E-state index is 9.10. The molecule has 9 heteroatoms. The number of hydrogen-bond donors (Lipinski definition) is 4. The molecule has 2 fully saturated rings. The van der Waals surface area contributed by atoms with Crippen LogP contribution in [0.25, 0.3) is 0 Å². The van der Waals surface area contributed by atoms with Crippen molar-refractivity contribution in [1.29, 1.82) is 0 Å². The van der Waals surface area contributed by atoms with Crippen LogP contribution in [-0.2, 0) is 23.8 Å². The molecule has 0 radical (unpaired) electrons. The Labute approximate surface area is 121 Å². The van der Waals surface area contributed by atoms with Gasteiger partial charge in [-0.1, -0.05) is 0 Å². The van der Waals surface area contributed by atoms with Crippen LogP contribution >= 0.6 is 0 Å². The third-order valence-electron chi connectivity index (χ3n) is 3.06. The number of hydrogen-bond acceptors (Lipinski definition) is 7. The van der Waals surface area contributed by atoms with Crippen molar-refractivity contribution in [3.8, 4) is 0 Å². The summed E-state index contributed by atoms with van der Waals surface area (Å²) in [5, 5.41) is 23.5. The fourth-order valence-electron chi connectivity index (χ4n) is 2.34. The maximum Gasteiger partial charge on any atom is 0.414 e. The summed E-state index contributed by atoms with van der Waals surface area (Å²) in [5.41, 5.74) is 5.96. The van der Waals surface area contributed by atoms with Crippen LogP contribution in [-0.4, -0.2) is 70.6 Å². The fourth-order valence-corrected chi connectivity index (χ4v) is 2.34. The number of carboxylic acids is 2. The zero-order chi connectivity index (χ0) is 16.2. The number of fused-ring (bicyclic) bond motifs is 1. The molecule has 0 aromatic heterocycles. The Bertz CT molecular complexity index is 373. The lowest BCUT2D eigenvalue weighted by Gasteiger charge is -2.22. The lowest BCUT2D eigenvalue weighted by molar-refractivity contribution is -0.168. The normalized spacial score (nSPS) is 33.0. The van der Waals surface area contributed by atoms with Crippen LogP contribution in [0.2, 0.25) is 0 Å². The number of carboxylic acid groups (broad SMARTS) is 2. The van der Waals surface area contributed by atoms with E-state index in [0.717, 1.165) is 6.42 Å². The minimum Gasteiger partial charge on any atom is -0.473 e. The van der Waals surface area contributed by atoms with Crippen molar-refractivity contribution in [3.05, 3.63) is 0 Å². The quantitative estimate of drug-likeness (QED) is 0.470. The molecule has 1 saturated heterocycles. The van der Waals surface area contributed by atoms with Crippen molar-refractivity contribution >= 4 is 11.9 Å². The first-order valence-electron chi connectivity index (χ1n) is 6.48. The highest BCUT2D eigenvalue weighted by atomic mass is 16.8. The number of aliphatic hydroxyl groups excluding tert-OH is 1. The van der Waals surface area contributed by atoms with Crippen molar-refractivity contribution in [3.63, 3.8) is 0 Å². The van der Waals surface area contributed by atoms with E-state index in [1.807, 2.05) is 13.8 Å². The molecule has 0 amide bonds. The molecule has 0 aromatic rings. The molecular formula is C12H21NO8. The first-order chi connectivity index (χ1) is 9.68. The van der Waals surface area contributed by atoms with Gasteiger partial charge in [0.25, 0.3) is 0 Å². The summed E-state index contributed by atoms with van der Waals surface area (Å²) in [7, 11) is 0. The van der Waals surface area contributed by atoms with Gasteiger partial charge < -0.3 is 35.3 Å². The maximum absolute atomic E-state index is 9.10. The van der Waals surface area contributed by atoms with Crippen LogP contribution in [0.15, 0.2) is 0 Å². The number of nitrogens with two attached hydrogens (primary N) is 1. The fraction of sp³-hybridized carbons (Fsp3) is 0.833. The van der Waals surface area contributed by atoms with Crippen molar-refractivity contribution < 1.29 is 39.1 Å². The van der Waals surface area contributed by atoms with E-state index in [9.17, 15) is 0 Å². The summed E-state index contributed by atoms with van der Waals surface area (Å²) in [4.78, 5) is 18.2. The number of ether oxygens (including phenoxy) is 3. The summed E-state index contributed by atoms with van der Waals surface area (Å²) in [6.07, 6.45) is 0.495. The van der Waals surface area contributed by atoms with Gasteiger partial charge in [0.2, 0.25) is 0 Å². The standard InChI is InChI=1S/C10H19NO4.C2H2O4/c1-10(2)14-8-6(11)5-7(9(8)15-10)13-4-3-12;3-1(4)2(5)6/h6-9,12H,3-5,11H2,1-2H3;(H,3,4)(H,5,6)/t6-,7+,8-,9+;/m0./s1. The molecule has 2 rings (SSSR count). The van der Waals surface area contributed by atoms with Gasteiger partial charge in [-0.3, -0.25) is 0 Å². The second-order valence-corrected chi connectivity index (χ2v) is 5.21. The molecule has 0 aromatic carbocycles. The molecule has 122 valence electrons. The summed E-state index contributed by atoms with van der Waals surface area (Å²) in [6, 6.07) is -0.0412. The largest absolute Gasteiger partial charge is 0.473 e. The topological polar surface area (TPSA) is 149 Å². The Morgan fingerprint density at radius 1 is 1.24 bits per heavy atom. The molecule has 21 heavy (non-hydrogen) atoms. The van der Waals surface area contributed by atoms with Crippen molar-refractivity contribution in [2.75, 3.05) is 13.2 Å². The molecule has 1 aliphatic heterocycles. The van der Waals surface area contributed by atoms with Crippen molar-refractivity contribution in [2.45, 2.75) is 50.4 Å². The van der Waals surface area contributed by atoms with Gasteiger partial charge in [0.15, 0.2) is 5.79 Å². The Kier molecular flexibility index (Phi) is 6.05. The Hall–Kier alpha value is -1.26. The van der Waals surface area contributed by atoms with Gasteiger partial charge in [-0.25, -0.2) is 9.59 Å². The van der Waals surface area contributed by atoms with Gasteiger partial charge in [-0.2, -0.15) is 0 Å². The predicted molar refractivity (Wildman–Crippen MR) is 68.5 cm³/mol. The molecule has 4 atom stereocenters. The van der Waals surface area contributed by atoms with E-state index in [1.165, 1.54) is 0 Å². The molecule has 1 heterocycles. The second-order valence-electron chi connectivity index (χ2n) is 5.21. The van der Waals surface area contributed by atoms with Crippen LogP contribution < -0.4 is 5.73 Å². The molecular weight excluding hydrogens is 286 g/mol. The predicted octanol–water partition coefficient (Wildman–Crippen LogP) is -1.23. The number of rotatable bonds is 3. The lowest BCUT2D eigenvalue weighted by atomic mass is 10.2. The smallest absolute Gasteiger partial charge is 0.414 e. The summed E-state index contributed by atoms with van der Waals surface area (Å²) < 4.78 is 16.9. The Morgan fingerprint density at radius 2 is 1.76 bits per heavy atom. The van der Waals surface area contributed by atoms with E-state index >= 15 is 0 Å². The van der Waals surface area contributed by atoms with Crippen molar-refractivity contribution in [2.24, 2.45) is 5.73 Å². The van der Waals surface area contributed by atoms with Gasteiger partial charge in [0.1, 0.15) is 12.2 Å². The van der Waals surface area contributed by atoms with E-state index in [-0.39, 0.29) is 31.0 Å². The molecule has 1 saturated carbocycles. The monoisotopic (exact) mass is 307 g/mol. The van der Waals surface area contributed by atoms with Crippen LogP contribution in [0.4, 0.5) is 0 Å². The SMILES string of the molecule is CC1(C)O[C@@H]2[C@H](O1)[C@H](OCCO)C[C@@H]2N.O=C(O)C(=O)O. The van der Waals surface area contributed by atoms with Crippen LogP contribution in [0, 0.1) is 0 Å². The zero-order valence-corrected chi connectivity index (χ0v) is 11.9. The number of aliphatic carboxylic acids is 2. The minimum absolute atomic E-state index is 0.0212. The average Bonchev–Trinajstić information content (AvgIpc) is 2.83. The highest BCUT2D eigenvalue weighted by Crippen LogP contribution is 2.38. The van der Waals surface area contributed by atoms with Crippen LogP contribution in [0.1, 0.15) is 20.3 Å². The molecule has 5 N–H and O–H groups in total. The first-order valence-corrected chi connectivity index (χ1v) is 6.48. The Balaban J connectivity index is 0.000000315. The number of carbonyl (C=O) groups is 2. The van der Waals surface area contributed by atoms with Gasteiger partial charge in [0, 0.05) is 6.04 Å². The zero-order valence-electron chi connectivity index (χ0n) is 11.9. The summed E-state index contributed by atoms with van der Waals surface area (Å²) >= 11 is 0. The Morgan fingerprint density at radius 3 is 2.24 bits per heavy atom. The van der Waals surface area contributed by atoms with E-state index in [0.29, 0.717) is 6.61 Å². The molecule has 1 aliphatic carbocycles. The molecule has 0 spiro atoms. The number of aliphatic hydroxyl groups is 1. The first kappa shape index (κ1) is 17.8. The van der Waals surface area contributed by atoms with Gasteiger partial charge >= 0.3 is 11.9 Å². The molecule has 0 unspecified atom stereocenters. The van der Waals surface area contributed by atoms with Gasteiger partial charge in [-0.05, 0) is 20.3 Å². The molecule has 9 nitrogen and oxygen atoms in total. The van der Waals surface area contributed by atoms with Gasteiger partial charge in [-0.15, -0.1) is 0 Å². The van der Waals surface area contributed by atoms with E-state index in [4.69, 9.17) is 44.9 Å². The summed E-state index contributed by atoms with van der Waals surface area (Å²) in [6.45, 7) is 4.10. The summed E-state index contributed by atoms with van der Waals surface area (Å²) in [5.74, 6) is -4.22. The average molecular weight is 307 g/mol. The minimum atomic E-state index is -1.82. The third-order valence-corrected chi connectivity index (χ3v) is 3.06. The second kappa shape index (κ2) is 7.14. The molecule has 2 aliphatic rings. The molecule has 0 bridgehead atoms. The lowest BCUT2D eigenvalue weighted by Crippen LogP contribution is -2.35. The highest BCUT2D eigenvalue weighted by Gasteiger charge is 2.53.